The number of carbonyl (C=O) groups is 1. The van der Waals surface area contributed by atoms with Gasteiger partial charge in [0.2, 0.25) is 0 Å². The smallest absolute Gasteiger partial charge is 0.410 e. The van der Waals surface area contributed by atoms with Crippen LogP contribution in [0.1, 0.15) is 46.5 Å². The Labute approximate surface area is 98.1 Å². The molecular weight excluding hydrogens is 202 g/mol. The lowest BCUT2D eigenvalue weighted by Gasteiger charge is -2.24. The predicted molar refractivity (Wildman–Crippen MR) is 63.3 cm³/mol. The van der Waals surface area contributed by atoms with Gasteiger partial charge in [-0.2, -0.15) is 0 Å². The van der Waals surface area contributed by atoms with Crippen molar-refractivity contribution in [2.24, 2.45) is 11.8 Å². The lowest BCUT2D eigenvalue weighted by molar-refractivity contribution is 0.0284. The van der Waals surface area contributed by atoms with Gasteiger partial charge in [0.25, 0.3) is 0 Å². The van der Waals surface area contributed by atoms with Crippen LogP contribution in [0.2, 0.25) is 0 Å². The number of fused-ring (bicyclic) bond motifs is 1. The van der Waals surface area contributed by atoms with Crippen LogP contribution in [0.15, 0.2) is 0 Å². The van der Waals surface area contributed by atoms with Crippen molar-refractivity contribution in [3.8, 4) is 0 Å². The van der Waals surface area contributed by atoms with Crippen molar-refractivity contribution in [1.29, 1.82) is 0 Å². The minimum atomic E-state index is -0.370. The summed E-state index contributed by atoms with van der Waals surface area (Å²) in [6.07, 6.45) is 5.14. The van der Waals surface area contributed by atoms with Crippen molar-refractivity contribution in [3.63, 3.8) is 0 Å². The summed E-state index contributed by atoms with van der Waals surface area (Å²) in [5, 5.41) is 0. The second-order valence-electron chi connectivity index (χ2n) is 6.19. The largest absolute Gasteiger partial charge is 0.444 e. The molecule has 0 spiro atoms. The van der Waals surface area contributed by atoms with E-state index in [0.717, 1.165) is 24.9 Å². The van der Waals surface area contributed by atoms with Crippen molar-refractivity contribution < 1.29 is 9.53 Å². The van der Waals surface area contributed by atoms with Crippen molar-refractivity contribution in [1.82, 2.24) is 4.90 Å². The first-order chi connectivity index (χ1) is 7.46. The summed E-state index contributed by atoms with van der Waals surface area (Å²) >= 11 is 0. The number of amides is 1. The van der Waals surface area contributed by atoms with E-state index in [1.165, 1.54) is 25.7 Å². The SMILES string of the molecule is CC(C)(C)OC(=O)N1CC2CCCCC2C1. The molecule has 92 valence electrons. The summed E-state index contributed by atoms with van der Waals surface area (Å²) in [7, 11) is 0. The molecule has 0 N–H and O–H groups in total. The third-order valence-electron chi connectivity index (χ3n) is 3.63. The molecule has 3 nitrogen and oxygen atoms in total. The van der Waals surface area contributed by atoms with Gasteiger partial charge in [-0.25, -0.2) is 4.79 Å². The predicted octanol–water partition coefficient (Wildman–Crippen LogP) is 3.04. The van der Waals surface area contributed by atoms with E-state index >= 15 is 0 Å². The van der Waals surface area contributed by atoms with Crippen LogP contribution >= 0.6 is 0 Å². The molecule has 16 heavy (non-hydrogen) atoms. The molecule has 1 heterocycles. The highest BCUT2D eigenvalue weighted by Gasteiger charge is 2.37. The van der Waals surface area contributed by atoms with E-state index in [2.05, 4.69) is 0 Å². The van der Waals surface area contributed by atoms with E-state index in [0.29, 0.717) is 0 Å². The zero-order valence-electron chi connectivity index (χ0n) is 10.7. The maximum Gasteiger partial charge on any atom is 0.410 e. The van der Waals surface area contributed by atoms with E-state index in [1.807, 2.05) is 25.7 Å². The Hall–Kier alpha value is -0.730. The molecular formula is C13H23NO2. The van der Waals surface area contributed by atoms with Gasteiger partial charge in [-0.1, -0.05) is 12.8 Å². The Morgan fingerprint density at radius 2 is 1.62 bits per heavy atom. The Morgan fingerprint density at radius 3 is 2.06 bits per heavy atom. The average Bonchev–Trinajstić information content (AvgIpc) is 2.58. The number of hydrogen-bond donors (Lipinski definition) is 0. The molecule has 2 rings (SSSR count). The molecule has 2 unspecified atom stereocenters. The van der Waals surface area contributed by atoms with E-state index in [1.54, 1.807) is 0 Å². The Balaban J connectivity index is 1.90. The maximum absolute atomic E-state index is 11.9. The molecule has 1 amide bonds. The van der Waals surface area contributed by atoms with Gasteiger partial charge in [0.05, 0.1) is 0 Å². The van der Waals surface area contributed by atoms with Crippen LogP contribution in [-0.2, 0) is 4.74 Å². The minimum Gasteiger partial charge on any atom is -0.444 e. The third kappa shape index (κ3) is 2.69. The minimum absolute atomic E-state index is 0.123. The first-order valence-electron chi connectivity index (χ1n) is 6.43. The first-order valence-corrected chi connectivity index (χ1v) is 6.43. The van der Waals surface area contributed by atoms with Crippen LogP contribution in [0.25, 0.3) is 0 Å². The Bertz CT molecular complexity index is 256. The van der Waals surface area contributed by atoms with Crippen molar-refractivity contribution in [3.05, 3.63) is 0 Å². The van der Waals surface area contributed by atoms with Gasteiger partial charge in [-0.15, -0.1) is 0 Å². The van der Waals surface area contributed by atoms with E-state index in [4.69, 9.17) is 4.74 Å². The Kier molecular flexibility index (Phi) is 3.13. The third-order valence-corrected chi connectivity index (χ3v) is 3.63. The molecule has 0 aromatic rings. The maximum atomic E-state index is 11.9. The molecule has 0 radical (unpaired) electrons. The number of carbonyl (C=O) groups excluding carboxylic acids is 1. The van der Waals surface area contributed by atoms with Crippen LogP contribution in [-0.4, -0.2) is 29.7 Å². The van der Waals surface area contributed by atoms with Gasteiger partial charge in [-0.3, -0.25) is 0 Å². The highest BCUT2D eigenvalue weighted by molar-refractivity contribution is 5.68. The average molecular weight is 225 g/mol. The second kappa shape index (κ2) is 4.27. The lowest BCUT2D eigenvalue weighted by atomic mass is 9.82. The highest BCUT2D eigenvalue weighted by Crippen LogP contribution is 2.36. The molecule has 2 atom stereocenters. The number of nitrogens with zero attached hydrogens (tertiary/aromatic N) is 1. The standard InChI is InChI=1S/C13H23NO2/c1-13(2,3)16-12(15)14-8-10-6-4-5-7-11(10)9-14/h10-11H,4-9H2,1-3H3. The monoisotopic (exact) mass is 225 g/mol. The zero-order chi connectivity index (χ0) is 11.8. The summed E-state index contributed by atoms with van der Waals surface area (Å²) in [5.41, 5.74) is -0.370. The summed E-state index contributed by atoms with van der Waals surface area (Å²) in [6.45, 7) is 7.61. The fourth-order valence-electron chi connectivity index (χ4n) is 2.88. The van der Waals surface area contributed by atoms with E-state index in [-0.39, 0.29) is 11.7 Å². The van der Waals surface area contributed by atoms with Crippen LogP contribution < -0.4 is 0 Å². The molecule has 3 heteroatoms. The first kappa shape index (κ1) is 11.7. The Morgan fingerprint density at radius 1 is 1.12 bits per heavy atom. The van der Waals surface area contributed by atoms with Gasteiger partial charge in [0.1, 0.15) is 5.60 Å². The molecule has 2 fully saturated rings. The summed E-state index contributed by atoms with van der Waals surface area (Å²) in [6, 6.07) is 0. The molecule has 1 saturated carbocycles. The van der Waals surface area contributed by atoms with E-state index in [9.17, 15) is 4.79 Å². The molecule has 1 aliphatic heterocycles. The highest BCUT2D eigenvalue weighted by atomic mass is 16.6. The number of ether oxygens (including phenoxy) is 1. The van der Waals surface area contributed by atoms with E-state index < -0.39 is 0 Å². The topological polar surface area (TPSA) is 29.5 Å². The van der Waals surface area contributed by atoms with Gasteiger partial charge in [-0.05, 0) is 45.4 Å². The molecule has 1 saturated heterocycles. The number of rotatable bonds is 0. The van der Waals surface area contributed by atoms with Crippen molar-refractivity contribution in [2.45, 2.75) is 52.1 Å². The van der Waals surface area contributed by atoms with Crippen LogP contribution in [0, 0.1) is 11.8 Å². The van der Waals surface area contributed by atoms with Crippen molar-refractivity contribution in [2.75, 3.05) is 13.1 Å². The molecule has 1 aliphatic carbocycles. The van der Waals surface area contributed by atoms with Crippen LogP contribution in [0.5, 0.6) is 0 Å². The number of likely N-dealkylation sites (tertiary alicyclic amines) is 1. The summed E-state index contributed by atoms with van der Waals surface area (Å²) in [4.78, 5) is 13.8. The lowest BCUT2D eigenvalue weighted by Crippen LogP contribution is -2.35. The molecule has 2 aliphatic rings. The second-order valence-corrected chi connectivity index (χ2v) is 6.19. The van der Waals surface area contributed by atoms with Crippen LogP contribution in [0.4, 0.5) is 4.79 Å². The molecule has 0 aromatic heterocycles. The molecule has 0 aromatic carbocycles. The van der Waals surface area contributed by atoms with Gasteiger partial charge < -0.3 is 9.64 Å². The summed E-state index contributed by atoms with van der Waals surface area (Å²) < 4.78 is 5.41. The van der Waals surface area contributed by atoms with Crippen LogP contribution in [0.3, 0.4) is 0 Å². The van der Waals surface area contributed by atoms with Gasteiger partial charge >= 0.3 is 6.09 Å². The summed E-state index contributed by atoms with van der Waals surface area (Å²) in [5.74, 6) is 1.47. The molecule has 0 bridgehead atoms. The quantitative estimate of drug-likeness (QED) is 0.634. The fourth-order valence-corrected chi connectivity index (χ4v) is 2.88. The number of hydrogen-bond acceptors (Lipinski definition) is 2. The fraction of sp³-hybridized carbons (Fsp3) is 0.923. The van der Waals surface area contributed by atoms with Gasteiger partial charge in [0, 0.05) is 13.1 Å². The van der Waals surface area contributed by atoms with Gasteiger partial charge in [0.15, 0.2) is 0 Å². The van der Waals surface area contributed by atoms with Crippen molar-refractivity contribution >= 4 is 6.09 Å². The zero-order valence-corrected chi connectivity index (χ0v) is 10.7. The normalized spacial score (nSPS) is 30.1.